The maximum absolute atomic E-state index is 12.5. The van der Waals surface area contributed by atoms with Crippen molar-refractivity contribution in [1.82, 2.24) is 20.2 Å². The lowest BCUT2D eigenvalue weighted by Crippen LogP contribution is -2.40. The van der Waals surface area contributed by atoms with Crippen LogP contribution in [0.4, 0.5) is 0 Å². The SMILES string of the molecule is C[C@H](NC(=O)CC1CCN(C(=O)Cc2ccccc2)CC1)c1nc2ccccc2[nH]1. The second-order valence-corrected chi connectivity index (χ2v) is 8.12. The molecule has 6 heteroatoms. The van der Waals surface area contributed by atoms with Crippen molar-refractivity contribution < 1.29 is 9.59 Å². The number of H-pyrrole nitrogens is 1. The van der Waals surface area contributed by atoms with Gasteiger partial charge in [0.2, 0.25) is 11.8 Å². The standard InChI is InChI=1S/C24H28N4O2/c1-17(24-26-20-9-5-6-10-21(20)27-24)25-22(29)15-19-11-13-28(14-12-19)23(30)16-18-7-3-2-4-8-18/h2-10,17,19H,11-16H2,1H3,(H,25,29)(H,26,27)/t17-/m0/s1. The molecule has 0 unspecified atom stereocenters. The van der Waals surface area contributed by atoms with Crippen molar-refractivity contribution in [1.29, 1.82) is 0 Å². The molecule has 1 aliphatic rings. The summed E-state index contributed by atoms with van der Waals surface area (Å²) in [5.74, 6) is 1.29. The molecule has 3 aromatic rings. The third-order valence-electron chi connectivity index (χ3n) is 5.83. The normalized spacial score (nSPS) is 15.8. The predicted molar refractivity (Wildman–Crippen MR) is 117 cm³/mol. The number of para-hydroxylation sites is 2. The molecule has 0 spiro atoms. The number of fused-ring (bicyclic) bond motifs is 1. The number of carbonyl (C=O) groups is 2. The quantitative estimate of drug-likeness (QED) is 0.659. The maximum atomic E-state index is 12.5. The molecule has 2 N–H and O–H groups in total. The molecule has 1 atom stereocenters. The number of nitrogens with zero attached hydrogens (tertiary/aromatic N) is 2. The van der Waals surface area contributed by atoms with Crippen LogP contribution in [0.2, 0.25) is 0 Å². The molecule has 1 fully saturated rings. The van der Waals surface area contributed by atoms with Gasteiger partial charge in [-0.3, -0.25) is 9.59 Å². The zero-order valence-electron chi connectivity index (χ0n) is 17.3. The minimum Gasteiger partial charge on any atom is -0.346 e. The fourth-order valence-corrected chi connectivity index (χ4v) is 4.08. The highest BCUT2D eigenvalue weighted by Crippen LogP contribution is 2.22. The number of nitrogens with one attached hydrogen (secondary N) is 2. The van der Waals surface area contributed by atoms with E-state index in [9.17, 15) is 9.59 Å². The molecule has 1 aromatic heterocycles. The van der Waals surface area contributed by atoms with Crippen LogP contribution < -0.4 is 5.32 Å². The molecular weight excluding hydrogens is 376 g/mol. The van der Waals surface area contributed by atoms with Crippen LogP contribution in [0, 0.1) is 5.92 Å². The topological polar surface area (TPSA) is 78.1 Å². The monoisotopic (exact) mass is 404 g/mol. The van der Waals surface area contributed by atoms with Crippen molar-refractivity contribution in [2.75, 3.05) is 13.1 Å². The van der Waals surface area contributed by atoms with Gasteiger partial charge >= 0.3 is 0 Å². The molecular formula is C24H28N4O2. The zero-order chi connectivity index (χ0) is 20.9. The third kappa shape index (κ3) is 4.87. The Morgan fingerprint density at radius 2 is 1.80 bits per heavy atom. The average Bonchev–Trinajstić information content (AvgIpc) is 3.19. The van der Waals surface area contributed by atoms with E-state index in [1.54, 1.807) is 0 Å². The average molecular weight is 405 g/mol. The van der Waals surface area contributed by atoms with Crippen molar-refractivity contribution in [2.24, 2.45) is 5.92 Å². The van der Waals surface area contributed by atoms with Gasteiger partial charge in [0.1, 0.15) is 5.82 Å². The number of piperidine rings is 1. The first-order valence-corrected chi connectivity index (χ1v) is 10.6. The number of amides is 2. The molecule has 1 aliphatic heterocycles. The number of benzene rings is 2. The number of aromatic amines is 1. The number of hydrogen-bond donors (Lipinski definition) is 2. The summed E-state index contributed by atoms with van der Waals surface area (Å²) in [5.41, 5.74) is 2.92. The Morgan fingerprint density at radius 3 is 2.53 bits per heavy atom. The first-order valence-electron chi connectivity index (χ1n) is 10.6. The highest BCUT2D eigenvalue weighted by molar-refractivity contribution is 5.79. The van der Waals surface area contributed by atoms with Crippen LogP contribution in [0.1, 0.15) is 43.6 Å². The van der Waals surface area contributed by atoms with Crippen LogP contribution in [0.25, 0.3) is 11.0 Å². The first kappa shape index (κ1) is 20.1. The van der Waals surface area contributed by atoms with Crippen LogP contribution in [0.3, 0.4) is 0 Å². The molecule has 2 aromatic carbocycles. The van der Waals surface area contributed by atoms with Gasteiger partial charge in [-0.15, -0.1) is 0 Å². The van der Waals surface area contributed by atoms with Gasteiger partial charge in [-0.25, -0.2) is 4.98 Å². The van der Waals surface area contributed by atoms with Crippen LogP contribution in [-0.4, -0.2) is 39.8 Å². The van der Waals surface area contributed by atoms with Gasteiger partial charge < -0.3 is 15.2 Å². The minimum absolute atomic E-state index is 0.0389. The number of aromatic nitrogens is 2. The number of likely N-dealkylation sites (tertiary alicyclic amines) is 1. The summed E-state index contributed by atoms with van der Waals surface area (Å²) in [6.45, 7) is 3.39. The van der Waals surface area contributed by atoms with Crippen LogP contribution in [-0.2, 0) is 16.0 Å². The van der Waals surface area contributed by atoms with Crippen LogP contribution in [0.15, 0.2) is 54.6 Å². The summed E-state index contributed by atoms with van der Waals surface area (Å²) < 4.78 is 0. The van der Waals surface area contributed by atoms with E-state index in [1.165, 1.54) is 0 Å². The van der Waals surface area contributed by atoms with Gasteiger partial charge in [0.05, 0.1) is 23.5 Å². The van der Waals surface area contributed by atoms with Crippen molar-refractivity contribution in [3.63, 3.8) is 0 Å². The van der Waals surface area contributed by atoms with E-state index in [2.05, 4.69) is 15.3 Å². The van der Waals surface area contributed by atoms with Gasteiger partial charge in [0.25, 0.3) is 0 Å². The van der Waals surface area contributed by atoms with Crippen LogP contribution in [0.5, 0.6) is 0 Å². The van der Waals surface area contributed by atoms with Gasteiger partial charge in [-0.2, -0.15) is 0 Å². The summed E-state index contributed by atoms with van der Waals surface area (Å²) in [5, 5.41) is 3.06. The van der Waals surface area contributed by atoms with E-state index in [-0.39, 0.29) is 17.9 Å². The maximum Gasteiger partial charge on any atom is 0.226 e. The second-order valence-electron chi connectivity index (χ2n) is 8.12. The number of imidazole rings is 1. The molecule has 0 aliphatic carbocycles. The Morgan fingerprint density at radius 1 is 1.10 bits per heavy atom. The molecule has 2 heterocycles. The summed E-state index contributed by atoms with van der Waals surface area (Å²) >= 11 is 0. The molecule has 0 radical (unpaired) electrons. The number of rotatable bonds is 6. The molecule has 6 nitrogen and oxygen atoms in total. The van der Waals surface area contributed by atoms with Gasteiger partial charge in [-0.1, -0.05) is 42.5 Å². The van der Waals surface area contributed by atoms with E-state index in [1.807, 2.05) is 66.4 Å². The third-order valence-corrected chi connectivity index (χ3v) is 5.83. The lowest BCUT2D eigenvalue weighted by Gasteiger charge is -2.32. The summed E-state index contributed by atoms with van der Waals surface area (Å²) in [6, 6.07) is 17.5. The Balaban J connectivity index is 1.23. The van der Waals surface area contributed by atoms with Crippen LogP contribution >= 0.6 is 0 Å². The van der Waals surface area contributed by atoms with Gasteiger partial charge in [0.15, 0.2) is 0 Å². The van der Waals surface area contributed by atoms with Crippen molar-refractivity contribution >= 4 is 22.8 Å². The molecule has 2 amide bonds. The second kappa shape index (κ2) is 9.11. The van der Waals surface area contributed by atoms with E-state index in [0.717, 1.165) is 48.4 Å². The lowest BCUT2D eigenvalue weighted by molar-refractivity contribution is -0.132. The highest BCUT2D eigenvalue weighted by atomic mass is 16.2. The fourth-order valence-electron chi connectivity index (χ4n) is 4.08. The Hall–Kier alpha value is -3.15. The predicted octanol–water partition coefficient (Wildman–Crippen LogP) is 3.61. The summed E-state index contributed by atoms with van der Waals surface area (Å²) in [4.78, 5) is 34.8. The minimum atomic E-state index is -0.169. The van der Waals surface area contributed by atoms with Gasteiger partial charge in [0, 0.05) is 19.5 Å². The largest absolute Gasteiger partial charge is 0.346 e. The van der Waals surface area contributed by atoms with E-state index in [4.69, 9.17) is 0 Å². The summed E-state index contributed by atoms with van der Waals surface area (Å²) in [7, 11) is 0. The van der Waals surface area contributed by atoms with E-state index in [0.29, 0.717) is 18.8 Å². The Bertz CT molecular complexity index is 973. The molecule has 30 heavy (non-hydrogen) atoms. The zero-order valence-corrected chi connectivity index (χ0v) is 17.3. The van der Waals surface area contributed by atoms with Gasteiger partial charge in [-0.05, 0) is 43.4 Å². The first-order chi connectivity index (χ1) is 14.6. The van der Waals surface area contributed by atoms with Crippen molar-refractivity contribution in [3.05, 3.63) is 66.0 Å². The fraction of sp³-hybridized carbons (Fsp3) is 0.375. The highest BCUT2D eigenvalue weighted by Gasteiger charge is 2.25. The molecule has 0 saturated carbocycles. The summed E-state index contributed by atoms with van der Waals surface area (Å²) in [6.07, 6.45) is 2.67. The lowest BCUT2D eigenvalue weighted by atomic mass is 9.92. The van der Waals surface area contributed by atoms with E-state index < -0.39 is 0 Å². The van der Waals surface area contributed by atoms with E-state index >= 15 is 0 Å². The smallest absolute Gasteiger partial charge is 0.226 e. The Kier molecular flexibility index (Phi) is 6.12. The molecule has 156 valence electrons. The number of hydrogen-bond acceptors (Lipinski definition) is 3. The van der Waals surface area contributed by atoms with Crippen molar-refractivity contribution in [3.8, 4) is 0 Å². The molecule has 0 bridgehead atoms. The Labute approximate surface area is 176 Å². The number of carbonyl (C=O) groups excluding carboxylic acids is 2. The molecule has 1 saturated heterocycles. The molecule has 4 rings (SSSR count). The van der Waals surface area contributed by atoms with Crippen molar-refractivity contribution in [2.45, 2.75) is 38.6 Å².